The number of anilines is 2. The lowest BCUT2D eigenvalue weighted by atomic mass is 10.2. The molecule has 0 spiro atoms. The first-order valence-electron chi connectivity index (χ1n) is 5.70. The molecule has 0 atom stereocenters. The van der Waals surface area contributed by atoms with Gasteiger partial charge in [-0.05, 0) is 25.2 Å². The number of nitrogens with zero attached hydrogens (tertiary/aromatic N) is 1. The predicted octanol–water partition coefficient (Wildman–Crippen LogP) is 0.0135. The molecule has 6 nitrogen and oxygen atoms in total. The van der Waals surface area contributed by atoms with Gasteiger partial charge in [0.05, 0.1) is 29.5 Å². The number of nitrogen functional groups attached to an aromatic ring is 1. The van der Waals surface area contributed by atoms with Gasteiger partial charge in [-0.3, -0.25) is 0 Å². The maximum absolute atomic E-state index is 11.8. The highest BCUT2D eigenvalue weighted by atomic mass is 32.2. The number of sulfonamides is 1. The second kappa shape index (κ2) is 5.13. The molecule has 0 bridgehead atoms. The Morgan fingerprint density at radius 3 is 2.61 bits per heavy atom. The Morgan fingerprint density at radius 2 is 2.00 bits per heavy atom. The van der Waals surface area contributed by atoms with Crippen LogP contribution in [0.4, 0.5) is 11.4 Å². The van der Waals surface area contributed by atoms with Gasteiger partial charge in [-0.25, -0.2) is 13.1 Å². The molecule has 0 aliphatic carbocycles. The third-order valence-corrected chi connectivity index (χ3v) is 4.34. The summed E-state index contributed by atoms with van der Waals surface area (Å²) < 4.78 is 31.1. The second-order valence-electron chi connectivity index (χ2n) is 4.03. The lowest BCUT2D eigenvalue weighted by Gasteiger charge is -2.30. The van der Waals surface area contributed by atoms with E-state index in [1.54, 1.807) is 12.1 Å². The van der Waals surface area contributed by atoms with Crippen LogP contribution in [0.2, 0.25) is 0 Å². The van der Waals surface area contributed by atoms with Crippen molar-refractivity contribution in [3.8, 4) is 0 Å². The Kier molecular flexibility index (Phi) is 3.74. The summed E-state index contributed by atoms with van der Waals surface area (Å²) in [7, 11) is -2.05. The van der Waals surface area contributed by atoms with E-state index in [0.29, 0.717) is 32.0 Å². The molecule has 0 unspecified atom stereocenters. The average Bonchev–Trinajstić information content (AvgIpc) is 2.40. The molecule has 0 aromatic heterocycles. The van der Waals surface area contributed by atoms with Crippen molar-refractivity contribution in [3.63, 3.8) is 0 Å². The summed E-state index contributed by atoms with van der Waals surface area (Å²) in [5, 5.41) is 0. The highest BCUT2D eigenvalue weighted by Crippen LogP contribution is 2.27. The summed E-state index contributed by atoms with van der Waals surface area (Å²) in [5.41, 5.74) is 7.23. The number of hydrogen-bond acceptors (Lipinski definition) is 5. The van der Waals surface area contributed by atoms with Crippen LogP contribution in [-0.2, 0) is 14.8 Å². The Labute approximate surface area is 107 Å². The van der Waals surface area contributed by atoms with Crippen molar-refractivity contribution in [1.29, 1.82) is 0 Å². The molecule has 1 heterocycles. The summed E-state index contributed by atoms with van der Waals surface area (Å²) in [6.07, 6.45) is 0. The predicted molar refractivity (Wildman–Crippen MR) is 70.1 cm³/mol. The number of nitrogens with two attached hydrogens (primary N) is 1. The van der Waals surface area contributed by atoms with Crippen LogP contribution in [0, 0.1) is 0 Å². The van der Waals surface area contributed by atoms with E-state index < -0.39 is 10.0 Å². The molecule has 18 heavy (non-hydrogen) atoms. The Hall–Kier alpha value is -1.31. The largest absolute Gasteiger partial charge is 0.397 e. The monoisotopic (exact) mass is 271 g/mol. The maximum atomic E-state index is 11.8. The normalized spacial score (nSPS) is 16.8. The molecule has 0 radical (unpaired) electrons. The van der Waals surface area contributed by atoms with Crippen molar-refractivity contribution in [2.75, 3.05) is 44.0 Å². The molecule has 0 saturated carbocycles. The number of benzene rings is 1. The first-order chi connectivity index (χ1) is 8.54. The molecule has 1 fully saturated rings. The van der Waals surface area contributed by atoms with Gasteiger partial charge in [0.25, 0.3) is 0 Å². The van der Waals surface area contributed by atoms with Gasteiger partial charge < -0.3 is 15.4 Å². The standard InChI is InChI=1S/C11H17N3O3S/c1-13-18(15,16)9-2-3-10(12)11(8-9)14-4-6-17-7-5-14/h2-3,8,13H,4-7,12H2,1H3. The van der Waals surface area contributed by atoms with E-state index in [9.17, 15) is 8.42 Å². The Balaban J connectivity index is 2.38. The van der Waals surface area contributed by atoms with Crippen LogP contribution >= 0.6 is 0 Å². The van der Waals surface area contributed by atoms with E-state index in [1.165, 1.54) is 13.1 Å². The average molecular weight is 271 g/mol. The summed E-state index contributed by atoms with van der Waals surface area (Å²) in [6, 6.07) is 4.73. The third-order valence-electron chi connectivity index (χ3n) is 2.93. The molecular weight excluding hydrogens is 254 g/mol. The van der Waals surface area contributed by atoms with Crippen LogP contribution in [0.25, 0.3) is 0 Å². The Morgan fingerprint density at radius 1 is 1.33 bits per heavy atom. The number of hydrogen-bond donors (Lipinski definition) is 2. The van der Waals surface area contributed by atoms with Gasteiger partial charge in [0.2, 0.25) is 10.0 Å². The highest BCUT2D eigenvalue weighted by Gasteiger charge is 2.18. The third kappa shape index (κ3) is 2.58. The zero-order valence-corrected chi connectivity index (χ0v) is 11.0. The maximum Gasteiger partial charge on any atom is 0.240 e. The van der Waals surface area contributed by atoms with Crippen LogP contribution in [0.15, 0.2) is 23.1 Å². The molecule has 1 aromatic carbocycles. The van der Waals surface area contributed by atoms with Gasteiger partial charge in [-0.15, -0.1) is 0 Å². The lowest BCUT2D eigenvalue weighted by molar-refractivity contribution is 0.123. The van der Waals surface area contributed by atoms with Crippen LogP contribution in [0.3, 0.4) is 0 Å². The fraction of sp³-hybridized carbons (Fsp3) is 0.455. The first kappa shape index (κ1) is 13.1. The fourth-order valence-corrected chi connectivity index (χ4v) is 2.64. The van der Waals surface area contributed by atoms with Crippen molar-refractivity contribution in [3.05, 3.63) is 18.2 Å². The van der Waals surface area contributed by atoms with Gasteiger partial charge in [0, 0.05) is 13.1 Å². The van der Waals surface area contributed by atoms with Crippen molar-refractivity contribution in [1.82, 2.24) is 4.72 Å². The minimum Gasteiger partial charge on any atom is -0.397 e. The van der Waals surface area contributed by atoms with E-state index in [2.05, 4.69) is 4.72 Å². The number of nitrogens with one attached hydrogen (secondary N) is 1. The van der Waals surface area contributed by atoms with Crippen molar-refractivity contribution in [2.24, 2.45) is 0 Å². The summed E-state index contributed by atoms with van der Waals surface area (Å²) in [6.45, 7) is 2.69. The Bertz CT molecular complexity index is 524. The molecule has 2 rings (SSSR count). The zero-order valence-electron chi connectivity index (χ0n) is 10.2. The van der Waals surface area contributed by atoms with Crippen molar-refractivity contribution in [2.45, 2.75) is 4.90 Å². The molecule has 1 aromatic rings. The topological polar surface area (TPSA) is 84.7 Å². The minimum absolute atomic E-state index is 0.223. The summed E-state index contributed by atoms with van der Waals surface area (Å²) in [5.74, 6) is 0. The summed E-state index contributed by atoms with van der Waals surface area (Å²) in [4.78, 5) is 2.26. The SMILES string of the molecule is CNS(=O)(=O)c1ccc(N)c(N2CCOCC2)c1. The minimum atomic E-state index is -3.44. The molecule has 1 aliphatic heterocycles. The molecular formula is C11H17N3O3S. The molecule has 3 N–H and O–H groups in total. The molecule has 0 amide bonds. The lowest BCUT2D eigenvalue weighted by Crippen LogP contribution is -2.36. The van der Waals surface area contributed by atoms with Gasteiger partial charge in [-0.2, -0.15) is 0 Å². The smallest absolute Gasteiger partial charge is 0.240 e. The van der Waals surface area contributed by atoms with Gasteiger partial charge in [-0.1, -0.05) is 0 Å². The van der Waals surface area contributed by atoms with Crippen LogP contribution in [0.1, 0.15) is 0 Å². The quantitative estimate of drug-likeness (QED) is 0.757. The number of rotatable bonds is 3. The second-order valence-corrected chi connectivity index (χ2v) is 5.91. The van der Waals surface area contributed by atoms with E-state index in [4.69, 9.17) is 10.5 Å². The van der Waals surface area contributed by atoms with Crippen LogP contribution in [0.5, 0.6) is 0 Å². The summed E-state index contributed by atoms with van der Waals surface area (Å²) >= 11 is 0. The van der Waals surface area contributed by atoms with Crippen LogP contribution < -0.4 is 15.4 Å². The number of morpholine rings is 1. The van der Waals surface area contributed by atoms with Crippen molar-refractivity contribution < 1.29 is 13.2 Å². The van der Waals surface area contributed by atoms with E-state index in [1.807, 2.05) is 4.90 Å². The number of ether oxygens (including phenoxy) is 1. The van der Waals surface area contributed by atoms with Gasteiger partial charge in [0.15, 0.2) is 0 Å². The van der Waals surface area contributed by atoms with Gasteiger partial charge in [0.1, 0.15) is 0 Å². The zero-order chi connectivity index (χ0) is 13.2. The van der Waals surface area contributed by atoms with Crippen molar-refractivity contribution >= 4 is 21.4 Å². The molecule has 1 saturated heterocycles. The highest BCUT2D eigenvalue weighted by molar-refractivity contribution is 7.89. The van der Waals surface area contributed by atoms with Gasteiger partial charge >= 0.3 is 0 Å². The van der Waals surface area contributed by atoms with Crippen LogP contribution in [-0.4, -0.2) is 41.8 Å². The fourth-order valence-electron chi connectivity index (χ4n) is 1.89. The first-order valence-corrected chi connectivity index (χ1v) is 7.18. The molecule has 1 aliphatic rings. The van der Waals surface area contributed by atoms with E-state index in [0.717, 1.165) is 5.69 Å². The van der Waals surface area contributed by atoms with E-state index >= 15 is 0 Å². The molecule has 7 heteroatoms. The van der Waals surface area contributed by atoms with E-state index in [-0.39, 0.29) is 4.90 Å². The molecule has 100 valence electrons.